The molecule has 0 saturated carbocycles. The van der Waals surface area contributed by atoms with Gasteiger partial charge in [-0.1, -0.05) is 22.6 Å². The molecule has 1 aromatic heterocycles. The van der Waals surface area contributed by atoms with E-state index in [1.807, 2.05) is 0 Å². The third kappa shape index (κ3) is 1.89. The van der Waals surface area contributed by atoms with E-state index in [0.717, 1.165) is 5.69 Å². The summed E-state index contributed by atoms with van der Waals surface area (Å²) in [5.74, 6) is 0. The summed E-state index contributed by atoms with van der Waals surface area (Å²) >= 11 is 2.31. The lowest BCUT2D eigenvalue weighted by atomic mass is 10.4. The van der Waals surface area contributed by atoms with E-state index in [1.165, 1.54) is 0 Å². The summed E-state index contributed by atoms with van der Waals surface area (Å²) in [5.41, 5.74) is 1.04. The van der Waals surface area contributed by atoms with E-state index in [2.05, 4.69) is 39.5 Å². The zero-order valence-corrected chi connectivity index (χ0v) is 7.24. The van der Waals surface area contributed by atoms with Gasteiger partial charge in [0.25, 0.3) is 0 Å². The van der Waals surface area contributed by atoms with Crippen LogP contribution in [0, 0.1) is 0 Å². The number of hydrogen-bond acceptors (Lipinski definition) is 2. The van der Waals surface area contributed by atoms with Gasteiger partial charge in [-0.25, -0.2) is 0 Å². The first-order chi connectivity index (χ1) is 4.30. The molecular weight excluding hydrogens is 227 g/mol. The SMILES string of the molecule is C[C@@H](I)c1cnccn1. The zero-order valence-electron chi connectivity index (χ0n) is 5.08. The van der Waals surface area contributed by atoms with Crippen molar-refractivity contribution >= 4 is 22.6 Å². The van der Waals surface area contributed by atoms with Crippen LogP contribution < -0.4 is 0 Å². The van der Waals surface area contributed by atoms with Crippen molar-refractivity contribution in [2.75, 3.05) is 0 Å². The molecule has 0 unspecified atom stereocenters. The van der Waals surface area contributed by atoms with Crippen molar-refractivity contribution in [3.8, 4) is 0 Å². The number of nitrogens with zero attached hydrogens (tertiary/aromatic N) is 2. The molecule has 0 fully saturated rings. The lowest BCUT2D eigenvalue weighted by Crippen LogP contribution is -1.88. The third-order valence-corrected chi connectivity index (χ3v) is 1.63. The monoisotopic (exact) mass is 234 g/mol. The molecule has 1 atom stereocenters. The third-order valence-electron chi connectivity index (χ3n) is 0.991. The Kier molecular flexibility index (Phi) is 2.38. The molecule has 0 aliphatic carbocycles. The molecule has 2 nitrogen and oxygen atoms in total. The maximum Gasteiger partial charge on any atom is 0.0712 e. The standard InChI is InChI=1S/C6H7IN2/c1-5(7)6-4-8-2-3-9-6/h2-5H,1H3/t5-/m1/s1. The first kappa shape index (κ1) is 6.92. The maximum absolute atomic E-state index is 4.11. The molecule has 0 saturated heterocycles. The Morgan fingerprint density at radius 3 is 2.67 bits per heavy atom. The molecule has 1 rings (SSSR count). The highest BCUT2D eigenvalue weighted by molar-refractivity contribution is 14.1. The number of aromatic nitrogens is 2. The Morgan fingerprint density at radius 1 is 1.56 bits per heavy atom. The van der Waals surface area contributed by atoms with Crippen molar-refractivity contribution in [3.05, 3.63) is 24.3 Å². The number of rotatable bonds is 1. The number of hydrogen-bond donors (Lipinski definition) is 0. The van der Waals surface area contributed by atoms with Crippen molar-refractivity contribution in [2.24, 2.45) is 0 Å². The van der Waals surface area contributed by atoms with Gasteiger partial charge in [-0.3, -0.25) is 9.97 Å². The summed E-state index contributed by atoms with van der Waals surface area (Å²) in [5, 5.41) is 0. The molecule has 0 aliphatic heterocycles. The smallest absolute Gasteiger partial charge is 0.0712 e. The fourth-order valence-electron chi connectivity index (χ4n) is 0.516. The minimum atomic E-state index is 0.455. The molecule has 0 aromatic carbocycles. The molecule has 0 N–H and O–H groups in total. The highest BCUT2D eigenvalue weighted by atomic mass is 127. The van der Waals surface area contributed by atoms with Crippen LogP contribution in [0.2, 0.25) is 0 Å². The van der Waals surface area contributed by atoms with Crippen LogP contribution in [0.3, 0.4) is 0 Å². The van der Waals surface area contributed by atoms with Gasteiger partial charge in [-0.2, -0.15) is 0 Å². The van der Waals surface area contributed by atoms with Crippen molar-refractivity contribution in [1.82, 2.24) is 9.97 Å². The van der Waals surface area contributed by atoms with Gasteiger partial charge in [0, 0.05) is 18.6 Å². The van der Waals surface area contributed by atoms with E-state index in [9.17, 15) is 0 Å². The normalized spacial score (nSPS) is 13.1. The molecule has 0 bridgehead atoms. The molecule has 48 valence electrons. The second-order valence-electron chi connectivity index (χ2n) is 1.75. The summed E-state index contributed by atoms with van der Waals surface area (Å²) < 4.78 is 0.455. The van der Waals surface area contributed by atoms with Crippen LogP contribution in [0.15, 0.2) is 18.6 Å². The Balaban J connectivity index is 2.85. The number of alkyl halides is 1. The Morgan fingerprint density at radius 2 is 2.33 bits per heavy atom. The summed E-state index contributed by atoms with van der Waals surface area (Å²) in [7, 11) is 0. The molecule has 0 aliphatic rings. The van der Waals surface area contributed by atoms with E-state index >= 15 is 0 Å². The van der Waals surface area contributed by atoms with Gasteiger partial charge in [0.1, 0.15) is 0 Å². The van der Waals surface area contributed by atoms with Crippen LogP contribution in [-0.4, -0.2) is 9.97 Å². The van der Waals surface area contributed by atoms with E-state index in [0.29, 0.717) is 3.92 Å². The lowest BCUT2D eigenvalue weighted by Gasteiger charge is -1.97. The van der Waals surface area contributed by atoms with Gasteiger partial charge in [0.05, 0.1) is 9.62 Å². The fourth-order valence-corrected chi connectivity index (χ4v) is 0.838. The van der Waals surface area contributed by atoms with E-state index in [-0.39, 0.29) is 0 Å². The van der Waals surface area contributed by atoms with Crippen LogP contribution in [0.1, 0.15) is 16.5 Å². The molecular formula is C6H7IN2. The van der Waals surface area contributed by atoms with Crippen LogP contribution >= 0.6 is 22.6 Å². The molecule has 0 spiro atoms. The topological polar surface area (TPSA) is 25.8 Å². The predicted molar refractivity (Wildman–Crippen MR) is 44.5 cm³/mol. The maximum atomic E-state index is 4.11. The fraction of sp³-hybridized carbons (Fsp3) is 0.333. The summed E-state index contributed by atoms with van der Waals surface area (Å²) in [6.07, 6.45) is 5.18. The van der Waals surface area contributed by atoms with Crippen molar-refractivity contribution in [2.45, 2.75) is 10.8 Å². The minimum Gasteiger partial charge on any atom is -0.261 e. The largest absolute Gasteiger partial charge is 0.261 e. The van der Waals surface area contributed by atoms with Gasteiger partial charge in [-0.15, -0.1) is 0 Å². The molecule has 1 heterocycles. The summed E-state index contributed by atoms with van der Waals surface area (Å²) in [6, 6.07) is 0. The molecule has 0 amide bonds. The summed E-state index contributed by atoms with van der Waals surface area (Å²) in [4.78, 5) is 8.05. The Bertz CT molecular complexity index is 174. The van der Waals surface area contributed by atoms with Gasteiger partial charge < -0.3 is 0 Å². The molecule has 1 aromatic rings. The quantitative estimate of drug-likeness (QED) is 0.548. The van der Waals surface area contributed by atoms with E-state index in [4.69, 9.17) is 0 Å². The average Bonchev–Trinajstić information content (AvgIpc) is 1.90. The van der Waals surface area contributed by atoms with E-state index in [1.54, 1.807) is 18.6 Å². The van der Waals surface area contributed by atoms with Crippen LogP contribution in [0.4, 0.5) is 0 Å². The van der Waals surface area contributed by atoms with Gasteiger partial charge in [0.2, 0.25) is 0 Å². The zero-order chi connectivity index (χ0) is 6.69. The van der Waals surface area contributed by atoms with Crippen LogP contribution in [-0.2, 0) is 0 Å². The lowest BCUT2D eigenvalue weighted by molar-refractivity contribution is 1.00. The average molecular weight is 234 g/mol. The van der Waals surface area contributed by atoms with Gasteiger partial charge in [0.15, 0.2) is 0 Å². The van der Waals surface area contributed by atoms with Gasteiger partial charge in [-0.05, 0) is 6.92 Å². The minimum absolute atomic E-state index is 0.455. The summed E-state index contributed by atoms with van der Waals surface area (Å²) in [6.45, 7) is 2.09. The van der Waals surface area contributed by atoms with Crippen molar-refractivity contribution in [1.29, 1.82) is 0 Å². The number of halogens is 1. The van der Waals surface area contributed by atoms with E-state index < -0.39 is 0 Å². The van der Waals surface area contributed by atoms with Crippen molar-refractivity contribution < 1.29 is 0 Å². The second-order valence-corrected chi connectivity index (χ2v) is 3.61. The van der Waals surface area contributed by atoms with Crippen molar-refractivity contribution in [3.63, 3.8) is 0 Å². The molecule has 3 heteroatoms. The van der Waals surface area contributed by atoms with Gasteiger partial charge >= 0.3 is 0 Å². The predicted octanol–water partition coefficient (Wildman–Crippen LogP) is 1.97. The highest BCUT2D eigenvalue weighted by Gasteiger charge is 1.98. The second kappa shape index (κ2) is 3.10. The Hall–Kier alpha value is -0.190. The van der Waals surface area contributed by atoms with Crippen LogP contribution in [0.5, 0.6) is 0 Å². The molecule has 9 heavy (non-hydrogen) atoms. The first-order valence-electron chi connectivity index (χ1n) is 2.70. The van der Waals surface area contributed by atoms with Crippen LogP contribution in [0.25, 0.3) is 0 Å². The molecule has 0 radical (unpaired) electrons. The Labute approximate surface area is 67.9 Å². The highest BCUT2D eigenvalue weighted by Crippen LogP contribution is 2.17. The first-order valence-corrected chi connectivity index (χ1v) is 3.95.